The van der Waals surface area contributed by atoms with Crippen molar-refractivity contribution < 1.29 is 14.3 Å². The maximum Gasteiger partial charge on any atom is 0.325 e. The molecule has 0 bridgehead atoms. The summed E-state index contributed by atoms with van der Waals surface area (Å²) < 4.78 is 10.7. The molecule has 3 rings (SSSR count). The van der Waals surface area contributed by atoms with Crippen LogP contribution in [0.2, 0.25) is 0 Å². The first kappa shape index (κ1) is 13.8. The average Bonchev–Trinajstić information content (AvgIpc) is 2.88. The molecule has 1 aliphatic rings. The van der Waals surface area contributed by atoms with Gasteiger partial charge < -0.3 is 15.2 Å². The molecule has 21 heavy (non-hydrogen) atoms. The molecule has 5 nitrogen and oxygen atoms in total. The number of benzene rings is 1. The van der Waals surface area contributed by atoms with E-state index in [1.165, 1.54) is 7.11 Å². The van der Waals surface area contributed by atoms with E-state index in [4.69, 9.17) is 15.2 Å². The van der Waals surface area contributed by atoms with Gasteiger partial charge in [0, 0.05) is 24.1 Å². The summed E-state index contributed by atoms with van der Waals surface area (Å²) in [5, 5.41) is 1.07. The summed E-state index contributed by atoms with van der Waals surface area (Å²) in [6.45, 7) is 0. The second kappa shape index (κ2) is 5.33. The smallest absolute Gasteiger partial charge is 0.325 e. The highest BCUT2D eigenvalue weighted by Gasteiger charge is 2.44. The third kappa shape index (κ3) is 2.69. The van der Waals surface area contributed by atoms with E-state index in [2.05, 4.69) is 4.98 Å². The van der Waals surface area contributed by atoms with Crippen LogP contribution in [0.5, 0.6) is 5.75 Å². The third-order valence-electron chi connectivity index (χ3n) is 3.98. The largest absolute Gasteiger partial charge is 0.490 e. The van der Waals surface area contributed by atoms with Crippen molar-refractivity contribution in [2.45, 2.75) is 30.9 Å². The van der Waals surface area contributed by atoms with Gasteiger partial charge in [-0.2, -0.15) is 0 Å². The molecule has 5 heteroatoms. The molecular weight excluding hydrogens is 268 g/mol. The van der Waals surface area contributed by atoms with Gasteiger partial charge in [0.15, 0.2) is 0 Å². The summed E-state index contributed by atoms with van der Waals surface area (Å²) in [7, 11) is 1.36. The molecule has 2 unspecified atom stereocenters. The van der Waals surface area contributed by atoms with Gasteiger partial charge in [-0.05, 0) is 31.0 Å². The first-order valence-corrected chi connectivity index (χ1v) is 6.99. The van der Waals surface area contributed by atoms with E-state index in [0.29, 0.717) is 12.8 Å². The maximum atomic E-state index is 11.7. The van der Waals surface area contributed by atoms with E-state index in [-0.39, 0.29) is 12.1 Å². The highest BCUT2D eigenvalue weighted by atomic mass is 16.5. The second-order valence-corrected chi connectivity index (χ2v) is 5.49. The standard InChI is InChI=1S/C16H18N2O3/c1-20-15(19)16(17)7-6-13(10-16)21-12-5-4-11-3-2-8-18-14(11)9-12/h2-5,8-9,13H,6-7,10,17H2,1H3. The van der Waals surface area contributed by atoms with E-state index in [1.54, 1.807) is 6.20 Å². The van der Waals surface area contributed by atoms with Crippen molar-refractivity contribution in [1.82, 2.24) is 4.98 Å². The molecule has 2 aromatic rings. The number of nitrogens with zero attached hydrogens (tertiary/aromatic N) is 1. The number of esters is 1. The van der Waals surface area contributed by atoms with Gasteiger partial charge in [-0.25, -0.2) is 0 Å². The molecule has 0 spiro atoms. The number of nitrogens with two attached hydrogens (primary N) is 1. The molecule has 0 saturated heterocycles. The van der Waals surface area contributed by atoms with Gasteiger partial charge in [0.2, 0.25) is 0 Å². The Bertz CT molecular complexity index is 673. The average molecular weight is 286 g/mol. The predicted molar refractivity (Wildman–Crippen MR) is 78.9 cm³/mol. The van der Waals surface area contributed by atoms with Crippen molar-refractivity contribution in [3.8, 4) is 5.75 Å². The fourth-order valence-electron chi connectivity index (χ4n) is 2.83. The highest BCUT2D eigenvalue weighted by molar-refractivity contribution is 5.81. The van der Waals surface area contributed by atoms with Gasteiger partial charge in [0.25, 0.3) is 0 Å². The zero-order chi connectivity index (χ0) is 14.9. The number of methoxy groups -OCH3 is 1. The van der Waals surface area contributed by atoms with E-state index < -0.39 is 5.54 Å². The number of carbonyl (C=O) groups is 1. The maximum absolute atomic E-state index is 11.7. The molecule has 1 aromatic carbocycles. The number of aromatic nitrogens is 1. The normalized spacial score (nSPS) is 25.0. The Morgan fingerprint density at radius 3 is 3.10 bits per heavy atom. The van der Waals surface area contributed by atoms with Crippen molar-refractivity contribution >= 4 is 16.9 Å². The van der Waals surface area contributed by atoms with Crippen LogP contribution in [0.25, 0.3) is 10.9 Å². The van der Waals surface area contributed by atoms with Gasteiger partial charge in [0.05, 0.1) is 12.6 Å². The van der Waals surface area contributed by atoms with Crippen molar-refractivity contribution in [2.75, 3.05) is 7.11 Å². The minimum absolute atomic E-state index is 0.0738. The molecule has 1 heterocycles. The van der Waals surface area contributed by atoms with Gasteiger partial charge >= 0.3 is 5.97 Å². The molecule has 0 amide bonds. The fraction of sp³-hybridized carbons (Fsp3) is 0.375. The van der Waals surface area contributed by atoms with Crippen molar-refractivity contribution in [1.29, 1.82) is 0 Å². The summed E-state index contributed by atoms with van der Waals surface area (Å²) in [6.07, 6.45) is 3.47. The topological polar surface area (TPSA) is 74.4 Å². The molecule has 0 radical (unpaired) electrons. The minimum atomic E-state index is -0.922. The number of rotatable bonds is 3. The van der Waals surface area contributed by atoms with E-state index in [9.17, 15) is 4.79 Å². The van der Waals surface area contributed by atoms with Crippen LogP contribution in [0.4, 0.5) is 0 Å². The van der Waals surface area contributed by atoms with Crippen LogP contribution >= 0.6 is 0 Å². The summed E-state index contributed by atoms with van der Waals surface area (Å²) in [5.74, 6) is 0.383. The number of hydrogen-bond donors (Lipinski definition) is 1. The molecule has 2 atom stereocenters. The molecule has 1 aliphatic carbocycles. The number of carbonyl (C=O) groups excluding carboxylic acids is 1. The van der Waals surface area contributed by atoms with E-state index in [0.717, 1.165) is 23.1 Å². The first-order valence-electron chi connectivity index (χ1n) is 6.99. The Labute approximate surface area is 123 Å². The summed E-state index contributed by atoms with van der Waals surface area (Å²) in [4.78, 5) is 16.0. The molecule has 110 valence electrons. The summed E-state index contributed by atoms with van der Waals surface area (Å²) in [5.41, 5.74) is 6.05. The number of pyridine rings is 1. The zero-order valence-corrected chi connectivity index (χ0v) is 11.9. The Balaban J connectivity index is 1.73. The first-order chi connectivity index (χ1) is 10.1. The van der Waals surface area contributed by atoms with Crippen molar-refractivity contribution in [3.63, 3.8) is 0 Å². The van der Waals surface area contributed by atoms with Crippen LogP contribution in [0.15, 0.2) is 36.5 Å². The Morgan fingerprint density at radius 1 is 1.43 bits per heavy atom. The van der Waals surface area contributed by atoms with Gasteiger partial charge in [0.1, 0.15) is 17.4 Å². The van der Waals surface area contributed by atoms with Crippen LogP contribution in [-0.4, -0.2) is 29.7 Å². The summed E-state index contributed by atoms with van der Waals surface area (Å²) in [6, 6.07) is 9.70. The monoisotopic (exact) mass is 286 g/mol. The Hall–Kier alpha value is -2.14. The van der Waals surface area contributed by atoms with Crippen LogP contribution < -0.4 is 10.5 Å². The van der Waals surface area contributed by atoms with Crippen LogP contribution in [-0.2, 0) is 9.53 Å². The van der Waals surface area contributed by atoms with E-state index in [1.807, 2.05) is 30.3 Å². The number of hydrogen-bond acceptors (Lipinski definition) is 5. The minimum Gasteiger partial charge on any atom is -0.490 e. The predicted octanol–water partition coefficient (Wildman–Crippen LogP) is 2.04. The fourth-order valence-corrected chi connectivity index (χ4v) is 2.83. The number of ether oxygens (including phenoxy) is 2. The molecule has 1 saturated carbocycles. The molecule has 1 fully saturated rings. The highest BCUT2D eigenvalue weighted by Crippen LogP contribution is 2.32. The van der Waals surface area contributed by atoms with Gasteiger partial charge in [-0.15, -0.1) is 0 Å². The Morgan fingerprint density at radius 2 is 2.29 bits per heavy atom. The van der Waals surface area contributed by atoms with Crippen LogP contribution in [0, 0.1) is 0 Å². The lowest BCUT2D eigenvalue weighted by Crippen LogP contribution is -2.47. The molecule has 0 aliphatic heterocycles. The summed E-state index contributed by atoms with van der Waals surface area (Å²) >= 11 is 0. The van der Waals surface area contributed by atoms with Crippen LogP contribution in [0.3, 0.4) is 0 Å². The third-order valence-corrected chi connectivity index (χ3v) is 3.98. The quantitative estimate of drug-likeness (QED) is 0.874. The lowest BCUT2D eigenvalue weighted by atomic mass is 10.00. The lowest BCUT2D eigenvalue weighted by molar-refractivity contribution is -0.147. The van der Waals surface area contributed by atoms with Crippen molar-refractivity contribution in [2.24, 2.45) is 5.73 Å². The lowest BCUT2D eigenvalue weighted by Gasteiger charge is -2.20. The zero-order valence-electron chi connectivity index (χ0n) is 11.9. The Kier molecular flexibility index (Phi) is 3.51. The van der Waals surface area contributed by atoms with E-state index >= 15 is 0 Å². The number of fused-ring (bicyclic) bond motifs is 1. The second-order valence-electron chi connectivity index (χ2n) is 5.49. The molecule has 1 aromatic heterocycles. The molecule has 2 N–H and O–H groups in total. The van der Waals surface area contributed by atoms with Crippen molar-refractivity contribution in [3.05, 3.63) is 36.5 Å². The van der Waals surface area contributed by atoms with Gasteiger partial charge in [-0.3, -0.25) is 9.78 Å². The molecular formula is C16H18N2O3. The van der Waals surface area contributed by atoms with Crippen LogP contribution in [0.1, 0.15) is 19.3 Å². The van der Waals surface area contributed by atoms with Gasteiger partial charge in [-0.1, -0.05) is 6.07 Å². The SMILES string of the molecule is COC(=O)C1(N)CCC(Oc2ccc3cccnc3c2)C1.